The van der Waals surface area contributed by atoms with Crippen LogP contribution < -0.4 is 26.6 Å². The van der Waals surface area contributed by atoms with E-state index in [1.165, 1.54) is 13.2 Å². The van der Waals surface area contributed by atoms with Gasteiger partial charge in [0.05, 0.1) is 31.3 Å². The molecule has 2 aliphatic heterocycles. The maximum atomic E-state index is 12.5. The van der Waals surface area contributed by atoms with Crippen molar-refractivity contribution in [3.05, 3.63) is 29.3 Å². The number of carbonyl (C=O) groups is 5. The Labute approximate surface area is 256 Å². The van der Waals surface area contributed by atoms with Crippen molar-refractivity contribution < 1.29 is 33.4 Å². The molecule has 0 radical (unpaired) electrons. The molecule has 1 aromatic rings. The molecule has 0 saturated carbocycles. The second kappa shape index (κ2) is 16.1. The molecule has 0 spiro atoms. The van der Waals surface area contributed by atoms with Crippen molar-refractivity contribution in [1.29, 1.82) is 0 Å². The highest BCUT2D eigenvalue weighted by molar-refractivity contribution is 8.00. The number of benzene rings is 1. The first-order chi connectivity index (χ1) is 20.4. The van der Waals surface area contributed by atoms with Crippen molar-refractivity contribution in [2.75, 3.05) is 31.3 Å². The number of urea groups is 1. The number of methoxy groups -OCH3 is 1. The van der Waals surface area contributed by atoms with E-state index in [-0.39, 0.29) is 48.5 Å². The van der Waals surface area contributed by atoms with E-state index in [0.29, 0.717) is 35.9 Å². The first kappa shape index (κ1) is 33.6. The summed E-state index contributed by atoms with van der Waals surface area (Å²) in [6.45, 7) is 5.64. The van der Waals surface area contributed by atoms with Gasteiger partial charge in [0.25, 0.3) is 0 Å². The minimum atomic E-state index is -0.636. The number of anilines is 1. The number of alkyl carbamates (subject to hydrolysis) is 1. The molecule has 0 aliphatic carbocycles. The van der Waals surface area contributed by atoms with Crippen molar-refractivity contribution in [3.63, 3.8) is 0 Å². The van der Waals surface area contributed by atoms with Crippen LogP contribution in [0.4, 0.5) is 15.3 Å². The number of unbranched alkanes of at least 4 members (excludes halogenated alkanes) is 1. The Morgan fingerprint density at radius 2 is 1.81 bits per heavy atom. The normalized spacial score (nSPS) is 18.7. The highest BCUT2D eigenvalue weighted by atomic mass is 32.2. The first-order valence-corrected chi connectivity index (χ1v) is 15.4. The molecule has 0 aromatic heterocycles. The third kappa shape index (κ3) is 11.4. The minimum Gasteiger partial charge on any atom is -0.465 e. The molecule has 13 heteroatoms. The number of hydrogen-bond acceptors (Lipinski definition) is 8. The second-order valence-corrected chi connectivity index (χ2v) is 12.6. The van der Waals surface area contributed by atoms with Gasteiger partial charge in [-0.3, -0.25) is 9.59 Å². The standard InChI is InChI=1S/C30H41N5O7S/c1-30(2,3)42-29(40)32-16-7-9-19-17-20(13-14-21(19)27(38)41-4)33-25(37)12-8-15-31-24(36)11-6-5-10-23-26-22(18-43-23)34-28(39)35-26/h13-14,17,22-23,26H,5-6,8,10-12,15-16,18H2,1-4H3,(H,31,36)(H,32,40)(H,33,37)(H2,34,35,39)/t22-,23-,26-/m0/s1. The zero-order chi connectivity index (χ0) is 31.4. The third-order valence-corrected chi connectivity index (χ3v) is 8.14. The summed E-state index contributed by atoms with van der Waals surface area (Å²) in [4.78, 5) is 60.1. The van der Waals surface area contributed by atoms with Crippen LogP contribution in [0.5, 0.6) is 0 Å². The lowest BCUT2D eigenvalue weighted by molar-refractivity contribution is -0.121. The lowest BCUT2D eigenvalue weighted by Crippen LogP contribution is -2.36. The number of amides is 5. The quantitative estimate of drug-likeness (QED) is 0.104. The minimum absolute atomic E-state index is 0.00430. The number of fused-ring (bicyclic) bond motifs is 1. The van der Waals surface area contributed by atoms with E-state index in [4.69, 9.17) is 9.47 Å². The summed E-state index contributed by atoms with van der Waals surface area (Å²) in [7, 11) is 1.26. The van der Waals surface area contributed by atoms with E-state index in [0.717, 1.165) is 25.0 Å². The van der Waals surface area contributed by atoms with Gasteiger partial charge in [-0.05, 0) is 58.2 Å². The average Bonchev–Trinajstić information content (AvgIpc) is 3.49. The molecule has 12 nitrogen and oxygen atoms in total. The zero-order valence-corrected chi connectivity index (χ0v) is 25.9. The number of carbonyl (C=O) groups excluding carboxylic acids is 5. The predicted octanol–water partition coefficient (Wildman–Crippen LogP) is 2.91. The molecule has 0 bridgehead atoms. The lowest BCUT2D eigenvalue weighted by Gasteiger charge is -2.19. The lowest BCUT2D eigenvalue weighted by atomic mass is 10.0. The van der Waals surface area contributed by atoms with E-state index < -0.39 is 17.7 Å². The molecule has 43 heavy (non-hydrogen) atoms. The highest BCUT2D eigenvalue weighted by Gasteiger charge is 2.42. The summed E-state index contributed by atoms with van der Waals surface area (Å²) in [6, 6.07) is 4.95. The van der Waals surface area contributed by atoms with Crippen LogP contribution in [0.15, 0.2) is 18.2 Å². The fourth-order valence-electron chi connectivity index (χ4n) is 4.65. The molecule has 5 N–H and O–H groups in total. The zero-order valence-electron chi connectivity index (χ0n) is 25.1. The summed E-state index contributed by atoms with van der Waals surface area (Å²) in [5.41, 5.74) is 0.369. The van der Waals surface area contributed by atoms with Gasteiger partial charge in [-0.25, -0.2) is 14.4 Å². The van der Waals surface area contributed by atoms with Gasteiger partial charge in [0.1, 0.15) is 5.60 Å². The predicted molar refractivity (Wildman–Crippen MR) is 164 cm³/mol. The van der Waals surface area contributed by atoms with Crippen molar-refractivity contribution in [2.45, 2.75) is 82.2 Å². The second-order valence-electron chi connectivity index (χ2n) is 11.3. The van der Waals surface area contributed by atoms with Crippen LogP contribution >= 0.6 is 11.8 Å². The van der Waals surface area contributed by atoms with Crippen LogP contribution in [0.25, 0.3) is 0 Å². The molecular formula is C30H41N5O7S. The summed E-state index contributed by atoms with van der Waals surface area (Å²) in [5, 5.41) is 14.5. The molecule has 1 aromatic carbocycles. The fourth-order valence-corrected chi connectivity index (χ4v) is 6.19. The third-order valence-electron chi connectivity index (χ3n) is 6.64. The molecule has 2 heterocycles. The number of hydrogen-bond donors (Lipinski definition) is 5. The number of nitrogens with one attached hydrogen (secondary N) is 5. The van der Waals surface area contributed by atoms with Gasteiger partial charge in [-0.15, -0.1) is 0 Å². The SMILES string of the molecule is COC(=O)c1ccc(NC(=O)CCCNC(=O)CCCC[C@@H]2SC[C@@H]3NC(=O)N[C@@H]32)cc1C#CCNC(=O)OC(C)(C)C. The van der Waals surface area contributed by atoms with Crippen LogP contribution in [-0.2, 0) is 19.1 Å². The Kier molecular flexibility index (Phi) is 12.5. The molecule has 2 aliphatic rings. The summed E-state index contributed by atoms with van der Waals surface area (Å²) in [5.74, 6) is 5.66. The van der Waals surface area contributed by atoms with Crippen LogP contribution in [0, 0.1) is 11.8 Å². The summed E-state index contributed by atoms with van der Waals surface area (Å²) >= 11 is 1.86. The van der Waals surface area contributed by atoms with E-state index in [9.17, 15) is 24.0 Å². The number of thioether (sulfide) groups is 1. The molecule has 2 saturated heterocycles. The van der Waals surface area contributed by atoms with Crippen molar-refractivity contribution in [2.24, 2.45) is 0 Å². The number of ether oxygens (including phenoxy) is 2. The van der Waals surface area contributed by atoms with Crippen LogP contribution in [0.1, 0.15) is 75.2 Å². The molecule has 3 rings (SSSR count). The summed E-state index contributed by atoms with van der Waals surface area (Å²) < 4.78 is 9.98. The molecule has 5 amide bonds. The van der Waals surface area contributed by atoms with Crippen molar-refractivity contribution >= 4 is 47.4 Å². The Hall–Kier alpha value is -3.92. The van der Waals surface area contributed by atoms with E-state index in [1.807, 2.05) is 11.8 Å². The van der Waals surface area contributed by atoms with E-state index >= 15 is 0 Å². The van der Waals surface area contributed by atoms with Gasteiger partial charge in [0.2, 0.25) is 11.8 Å². The largest absolute Gasteiger partial charge is 0.465 e. The van der Waals surface area contributed by atoms with Gasteiger partial charge in [-0.1, -0.05) is 18.3 Å². The van der Waals surface area contributed by atoms with E-state index in [2.05, 4.69) is 38.4 Å². The Balaban J connectivity index is 1.36. The molecule has 2 fully saturated rings. The van der Waals surface area contributed by atoms with Crippen LogP contribution in [0.2, 0.25) is 0 Å². The topological polar surface area (TPSA) is 164 Å². The molecule has 234 valence electrons. The Bertz CT molecular complexity index is 1250. The van der Waals surface area contributed by atoms with E-state index in [1.54, 1.807) is 32.9 Å². The van der Waals surface area contributed by atoms with Gasteiger partial charge in [0.15, 0.2) is 0 Å². The van der Waals surface area contributed by atoms with Crippen LogP contribution in [0.3, 0.4) is 0 Å². The number of esters is 1. The Morgan fingerprint density at radius 1 is 1.05 bits per heavy atom. The van der Waals surface area contributed by atoms with Gasteiger partial charge >= 0.3 is 18.1 Å². The molecule has 3 atom stereocenters. The van der Waals surface area contributed by atoms with Crippen molar-refractivity contribution in [1.82, 2.24) is 21.3 Å². The average molecular weight is 616 g/mol. The molecular weight excluding hydrogens is 574 g/mol. The van der Waals surface area contributed by atoms with Crippen molar-refractivity contribution in [3.8, 4) is 11.8 Å². The first-order valence-electron chi connectivity index (χ1n) is 14.4. The fraction of sp³-hybridized carbons (Fsp3) is 0.567. The van der Waals surface area contributed by atoms with Gasteiger partial charge < -0.3 is 36.1 Å². The van der Waals surface area contributed by atoms with Crippen LogP contribution in [-0.4, -0.2) is 78.8 Å². The number of rotatable bonds is 12. The van der Waals surface area contributed by atoms with Gasteiger partial charge in [0, 0.05) is 41.6 Å². The molecule has 0 unspecified atom stereocenters. The smallest absolute Gasteiger partial charge is 0.408 e. The monoisotopic (exact) mass is 615 g/mol. The summed E-state index contributed by atoms with van der Waals surface area (Å²) in [6.07, 6.45) is 3.11. The highest BCUT2D eigenvalue weighted by Crippen LogP contribution is 2.33. The maximum Gasteiger partial charge on any atom is 0.408 e. The maximum absolute atomic E-state index is 12.5. The Morgan fingerprint density at radius 3 is 2.56 bits per heavy atom. The van der Waals surface area contributed by atoms with Gasteiger partial charge in [-0.2, -0.15) is 11.8 Å².